The Bertz CT molecular complexity index is 939. The van der Waals surface area contributed by atoms with Gasteiger partial charge in [-0.25, -0.2) is 0 Å². The zero-order valence-electron chi connectivity index (χ0n) is 16.5. The monoisotopic (exact) mass is 409 g/mol. The molecule has 1 N–H and O–H groups in total. The van der Waals surface area contributed by atoms with Crippen molar-refractivity contribution in [2.45, 2.75) is 26.5 Å². The van der Waals surface area contributed by atoms with Gasteiger partial charge in [0.05, 0.1) is 6.04 Å². The summed E-state index contributed by atoms with van der Waals surface area (Å²) in [6.45, 7) is 4.71. The summed E-state index contributed by atoms with van der Waals surface area (Å²) in [5.74, 6) is 1.32. The Morgan fingerprint density at radius 3 is 2.24 bits per heavy atom. The van der Waals surface area contributed by atoms with Gasteiger partial charge in [0.2, 0.25) is 0 Å². The maximum atomic E-state index is 12.4. The summed E-state index contributed by atoms with van der Waals surface area (Å²) in [7, 11) is 0. The number of carbonyl (C=O) groups excluding carboxylic acids is 1. The molecule has 3 rings (SSSR count). The number of nitrogens with one attached hydrogen (secondary N) is 1. The summed E-state index contributed by atoms with van der Waals surface area (Å²) < 4.78 is 11.5. The quantitative estimate of drug-likeness (QED) is 0.540. The van der Waals surface area contributed by atoms with Gasteiger partial charge in [-0.1, -0.05) is 47.5 Å². The molecule has 150 valence electrons. The average Bonchev–Trinajstić information content (AvgIpc) is 2.73. The van der Waals surface area contributed by atoms with Crippen LogP contribution in [-0.2, 0) is 6.61 Å². The highest BCUT2D eigenvalue weighted by Crippen LogP contribution is 2.19. The van der Waals surface area contributed by atoms with Gasteiger partial charge in [0.1, 0.15) is 24.7 Å². The van der Waals surface area contributed by atoms with E-state index >= 15 is 0 Å². The lowest BCUT2D eigenvalue weighted by atomic mass is 10.2. The molecule has 0 aromatic heterocycles. The number of halogens is 1. The molecule has 3 aromatic rings. The lowest BCUT2D eigenvalue weighted by Crippen LogP contribution is -2.36. The number of aryl methyl sites for hydroxylation is 1. The second-order valence-corrected chi connectivity index (χ2v) is 7.31. The van der Waals surface area contributed by atoms with Crippen molar-refractivity contribution >= 4 is 17.5 Å². The minimum atomic E-state index is -0.150. The molecule has 0 bridgehead atoms. The van der Waals surface area contributed by atoms with Gasteiger partial charge in [0.25, 0.3) is 5.91 Å². The molecule has 1 atom stereocenters. The molecule has 5 heteroatoms. The minimum absolute atomic E-state index is 0.125. The largest absolute Gasteiger partial charge is 0.491 e. The van der Waals surface area contributed by atoms with E-state index in [-0.39, 0.29) is 11.9 Å². The fourth-order valence-corrected chi connectivity index (χ4v) is 2.87. The third kappa shape index (κ3) is 6.26. The molecule has 29 heavy (non-hydrogen) atoms. The van der Waals surface area contributed by atoms with Crippen molar-refractivity contribution in [2.75, 3.05) is 6.61 Å². The van der Waals surface area contributed by atoms with E-state index in [1.165, 1.54) is 5.56 Å². The zero-order valence-corrected chi connectivity index (χ0v) is 17.3. The fourth-order valence-electron chi connectivity index (χ4n) is 2.68. The maximum absolute atomic E-state index is 12.4. The van der Waals surface area contributed by atoms with Gasteiger partial charge >= 0.3 is 0 Å². The highest BCUT2D eigenvalue weighted by molar-refractivity contribution is 6.31. The van der Waals surface area contributed by atoms with Crippen molar-refractivity contribution in [3.63, 3.8) is 0 Å². The van der Waals surface area contributed by atoms with Crippen molar-refractivity contribution in [1.82, 2.24) is 5.32 Å². The molecule has 0 spiro atoms. The third-order valence-corrected chi connectivity index (χ3v) is 4.74. The van der Waals surface area contributed by atoms with Crippen LogP contribution in [0.4, 0.5) is 0 Å². The van der Waals surface area contributed by atoms with Crippen LogP contribution in [-0.4, -0.2) is 18.6 Å². The molecule has 0 heterocycles. The molecule has 0 radical (unpaired) electrons. The molecule has 0 saturated carbocycles. The van der Waals surface area contributed by atoms with Crippen LogP contribution in [0.3, 0.4) is 0 Å². The number of hydrogen-bond donors (Lipinski definition) is 1. The van der Waals surface area contributed by atoms with Gasteiger partial charge in [0, 0.05) is 16.1 Å². The van der Waals surface area contributed by atoms with Crippen LogP contribution in [0.2, 0.25) is 5.02 Å². The van der Waals surface area contributed by atoms with Crippen LogP contribution in [0.1, 0.15) is 28.4 Å². The van der Waals surface area contributed by atoms with E-state index in [2.05, 4.69) is 5.32 Å². The van der Waals surface area contributed by atoms with Gasteiger partial charge in [0.15, 0.2) is 0 Å². The van der Waals surface area contributed by atoms with Gasteiger partial charge in [-0.15, -0.1) is 0 Å². The molecular weight excluding hydrogens is 386 g/mol. The van der Waals surface area contributed by atoms with Crippen molar-refractivity contribution in [3.05, 3.63) is 94.5 Å². The zero-order chi connectivity index (χ0) is 20.6. The number of ether oxygens (including phenoxy) is 2. The molecule has 0 aliphatic heterocycles. The molecular formula is C24H24ClNO3. The van der Waals surface area contributed by atoms with Crippen molar-refractivity contribution < 1.29 is 14.3 Å². The topological polar surface area (TPSA) is 47.6 Å². The van der Waals surface area contributed by atoms with E-state index in [0.29, 0.717) is 29.5 Å². The Labute approximate surface area is 176 Å². The predicted molar refractivity (Wildman–Crippen MR) is 116 cm³/mol. The Hall–Kier alpha value is -2.98. The first-order chi connectivity index (χ1) is 14.0. The summed E-state index contributed by atoms with van der Waals surface area (Å²) in [6, 6.07) is 22.3. The normalized spacial score (nSPS) is 11.6. The summed E-state index contributed by atoms with van der Waals surface area (Å²) in [5, 5.41) is 3.61. The van der Waals surface area contributed by atoms with Crippen LogP contribution in [0.5, 0.6) is 11.5 Å². The number of amides is 1. The molecule has 0 saturated heterocycles. The van der Waals surface area contributed by atoms with Crippen LogP contribution >= 0.6 is 11.6 Å². The Balaban J connectivity index is 1.47. The van der Waals surface area contributed by atoms with Crippen molar-refractivity contribution in [3.8, 4) is 11.5 Å². The molecule has 1 amide bonds. The van der Waals surface area contributed by atoms with Crippen molar-refractivity contribution in [2.24, 2.45) is 0 Å². The molecule has 0 aliphatic rings. The highest BCUT2D eigenvalue weighted by atomic mass is 35.5. The maximum Gasteiger partial charge on any atom is 0.251 e. The molecule has 0 fully saturated rings. The lowest BCUT2D eigenvalue weighted by Gasteiger charge is -2.15. The Morgan fingerprint density at radius 1 is 0.931 bits per heavy atom. The smallest absolute Gasteiger partial charge is 0.251 e. The summed E-state index contributed by atoms with van der Waals surface area (Å²) >= 11 is 6.13. The number of hydrogen-bond acceptors (Lipinski definition) is 3. The van der Waals surface area contributed by atoms with Crippen molar-refractivity contribution in [1.29, 1.82) is 0 Å². The van der Waals surface area contributed by atoms with E-state index < -0.39 is 0 Å². The Morgan fingerprint density at radius 2 is 1.55 bits per heavy atom. The minimum Gasteiger partial charge on any atom is -0.491 e. The summed E-state index contributed by atoms with van der Waals surface area (Å²) in [5.41, 5.74) is 2.66. The SMILES string of the molecule is Cc1ccc(OC[C@H](C)NC(=O)c2ccc(OCc3ccccc3Cl)cc2)cc1. The van der Waals surface area contributed by atoms with Crippen LogP contribution in [0, 0.1) is 6.92 Å². The number of benzene rings is 3. The van der Waals surface area contributed by atoms with Gasteiger partial charge in [-0.05, 0) is 56.3 Å². The van der Waals surface area contributed by atoms with Gasteiger partial charge < -0.3 is 14.8 Å². The predicted octanol–water partition coefficient (Wildman–Crippen LogP) is 5.42. The molecule has 3 aromatic carbocycles. The summed E-state index contributed by atoms with van der Waals surface area (Å²) in [6.07, 6.45) is 0. The first-order valence-corrected chi connectivity index (χ1v) is 9.85. The van der Waals surface area contributed by atoms with E-state index in [1.807, 2.05) is 62.4 Å². The fraction of sp³-hybridized carbons (Fsp3) is 0.208. The van der Waals surface area contributed by atoms with Gasteiger partial charge in [-0.3, -0.25) is 4.79 Å². The molecule has 0 aliphatic carbocycles. The van der Waals surface area contributed by atoms with Gasteiger partial charge in [-0.2, -0.15) is 0 Å². The second kappa shape index (κ2) is 9.99. The second-order valence-electron chi connectivity index (χ2n) is 6.90. The number of rotatable bonds is 8. The lowest BCUT2D eigenvalue weighted by molar-refractivity contribution is 0.0926. The van der Waals surface area contributed by atoms with Crippen LogP contribution in [0.25, 0.3) is 0 Å². The van der Waals surface area contributed by atoms with E-state index in [4.69, 9.17) is 21.1 Å². The molecule has 0 unspecified atom stereocenters. The van der Waals surface area contributed by atoms with E-state index in [1.54, 1.807) is 24.3 Å². The highest BCUT2D eigenvalue weighted by Gasteiger charge is 2.11. The number of carbonyl (C=O) groups is 1. The van der Waals surface area contributed by atoms with Crippen LogP contribution in [0.15, 0.2) is 72.8 Å². The summed E-state index contributed by atoms with van der Waals surface area (Å²) in [4.78, 5) is 12.4. The van der Waals surface area contributed by atoms with E-state index in [0.717, 1.165) is 11.3 Å². The third-order valence-electron chi connectivity index (χ3n) is 4.37. The Kier molecular flexibility index (Phi) is 7.14. The van der Waals surface area contributed by atoms with Crippen LogP contribution < -0.4 is 14.8 Å². The first kappa shape index (κ1) is 20.7. The standard InChI is InChI=1S/C24H24ClNO3/c1-17-7-11-21(12-8-17)28-15-18(2)26-24(27)19-9-13-22(14-10-19)29-16-20-5-3-4-6-23(20)25/h3-14,18H,15-16H2,1-2H3,(H,26,27)/t18-/m0/s1. The average molecular weight is 410 g/mol. The first-order valence-electron chi connectivity index (χ1n) is 9.48. The molecule has 4 nitrogen and oxygen atoms in total. The van der Waals surface area contributed by atoms with E-state index in [9.17, 15) is 4.79 Å².